The van der Waals surface area contributed by atoms with Gasteiger partial charge in [0.15, 0.2) is 0 Å². The smallest absolute Gasteiger partial charge is 0.315 e. The predicted molar refractivity (Wildman–Crippen MR) is 71.4 cm³/mol. The molecule has 2 N–H and O–H groups in total. The molecule has 0 saturated carbocycles. The van der Waals surface area contributed by atoms with Gasteiger partial charge in [-0.2, -0.15) is 0 Å². The largest absolute Gasteiger partial charge is 0.407 e. The molecule has 0 fully saturated rings. The van der Waals surface area contributed by atoms with E-state index in [-0.39, 0.29) is 0 Å². The van der Waals surface area contributed by atoms with Crippen LogP contribution >= 0.6 is 0 Å². The Bertz CT molecular complexity index is 504. The van der Waals surface area contributed by atoms with Gasteiger partial charge < -0.3 is 19.6 Å². The van der Waals surface area contributed by atoms with Crippen LogP contribution < -0.4 is 10.6 Å². The number of hydrogen-bond donors (Lipinski definition) is 2. The fraction of sp³-hybridized carbons (Fsp3) is 0.583. The summed E-state index contributed by atoms with van der Waals surface area (Å²) in [5.74, 6) is 2.10. The molecule has 104 valence electrons. The lowest BCUT2D eigenvalue weighted by molar-refractivity contribution is 0.458. The van der Waals surface area contributed by atoms with Gasteiger partial charge in [-0.25, -0.2) is 4.98 Å². The van der Waals surface area contributed by atoms with Gasteiger partial charge in [-0.1, -0.05) is 18.9 Å². The lowest BCUT2D eigenvalue weighted by atomic mass is 10.2. The van der Waals surface area contributed by atoms with Gasteiger partial charge in [-0.05, 0) is 12.5 Å². The minimum Gasteiger partial charge on any atom is -0.407 e. The van der Waals surface area contributed by atoms with Crippen LogP contribution in [0.1, 0.15) is 25.6 Å². The summed E-state index contributed by atoms with van der Waals surface area (Å²) in [7, 11) is 1.94. The number of anilines is 1. The SMILES string of the molecule is CC(C)CNCc1nnc(NCc2nccn2C)o1. The van der Waals surface area contributed by atoms with E-state index in [1.54, 1.807) is 6.20 Å². The highest BCUT2D eigenvalue weighted by Crippen LogP contribution is 2.07. The average Bonchev–Trinajstić information content (AvgIpc) is 2.95. The van der Waals surface area contributed by atoms with Crippen molar-refractivity contribution < 1.29 is 4.42 Å². The summed E-state index contributed by atoms with van der Waals surface area (Å²) < 4.78 is 7.41. The van der Waals surface area contributed by atoms with Crippen LogP contribution in [0.15, 0.2) is 16.8 Å². The van der Waals surface area contributed by atoms with Gasteiger partial charge in [0.2, 0.25) is 5.89 Å². The summed E-state index contributed by atoms with van der Waals surface area (Å²) >= 11 is 0. The lowest BCUT2D eigenvalue weighted by Gasteiger charge is -2.04. The highest BCUT2D eigenvalue weighted by atomic mass is 16.4. The first-order chi connectivity index (χ1) is 9.15. The fourth-order valence-corrected chi connectivity index (χ4v) is 1.59. The maximum absolute atomic E-state index is 5.47. The maximum atomic E-state index is 5.47. The van der Waals surface area contributed by atoms with Crippen LogP contribution in [0.2, 0.25) is 0 Å². The molecule has 0 aliphatic carbocycles. The van der Waals surface area contributed by atoms with Crippen LogP contribution in [-0.4, -0.2) is 26.3 Å². The standard InChI is InChI=1S/C12H20N6O/c1-9(2)6-13-8-11-16-17-12(19-11)15-7-10-14-4-5-18(10)3/h4-5,9,13H,6-8H2,1-3H3,(H,15,17). The van der Waals surface area contributed by atoms with Gasteiger partial charge in [0.1, 0.15) is 5.82 Å². The summed E-state index contributed by atoms with van der Waals surface area (Å²) in [4.78, 5) is 4.20. The molecule has 0 amide bonds. The van der Waals surface area contributed by atoms with E-state index in [9.17, 15) is 0 Å². The fourth-order valence-electron chi connectivity index (χ4n) is 1.59. The molecule has 19 heavy (non-hydrogen) atoms. The van der Waals surface area contributed by atoms with Crippen molar-refractivity contribution >= 4 is 6.01 Å². The first-order valence-corrected chi connectivity index (χ1v) is 6.38. The first-order valence-electron chi connectivity index (χ1n) is 6.38. The van der Waals surface area contributed by atoms with Crippen molar-refractivity contribution in [3.63, 3.8) is 0 Å². The molecule has 0 radical (unpaired) electrons. The van der Waals surface area contributed by atoms with Crippen LogP contribution in [0, 0.1) is 5.92 Å². The van der Waals surface area contributed by atoms with E-state index in [1.165, 1.54) is 0 Å². The Morgan fingerprint density at radius 1 is 1.32 bits per heavy atom. The quantitative estimate of drug-likeness (QED) is 0.781. The minimum absolute atomic E-state index is 0.421. The number of rotatable bonds is 7. The molecule has 2 rings (SSSR count). The zero-order valence-electron chi connectivity index (χ0n) is 11.6. The van der Waals surface area contributed by atoms with E-state index < -0.39 is 0 Å². The molecule has 0 bridgehead atoms. The third-order valence-corrected chi connectivity index (χ3v) is 2.61. The predicted octanol–water partition coefficient (Wildman–Crippen LogP) is 1.16. The van der Waals surface area contributed by atoms with Crippen molar-refractivity contribution in [2.75, 3.05) is 11.9 Å². The second kappa shape index (κ2) is 6.33. The van der Waals surface area contributed by atoms with E-state index in [4.69, 9.17) is 4.42 Å². The highest BCUT2D eigenvalue weighted by Gasteiger charge is 2.06. The Balaban J connectivity index is 1.79. The van der Waals surface area contributed by atoms with Crippen molar-refractivity contribution in [2.45, 2.75) is 26.9 Å². The van der Waals surface area contributed by atoms with Crippen LogP contribution in [0.5, 0.6) is 0 Å². The molecule has 0 aliphatic rings. The van der Waals surface area contributed by atoms with Crippen LogP contribution in [0.3, 0.4) is 0 Å². The Hall–Kier alpha value is -1.89. The molecular formula is C12H20N6O. The van der Waals surface area contributed by atoms with E-state index in [2.05, 4.69) is 39.7 Å². The van der Waals surface area contributed by atoms with Crippen LogP contribution in [-0.2, 0) is 20.1 Å². The zero-order chi connectivity index (χ0) is 13.7. The molecule has 0 unspecified atom stereocenters. The molecule has 0 saturated heterocycles. The molecule has 2 aromatic heterocycles. The van der Waals surface area contributed by atoms with Gasteiger partial charge in [-0.3, -0.25) is 0 Å². The van der Waals surface area contributed by atoms with Gasteiger partial charge in [0.25, 0.3) is 0 Å². The highest BCUT2D eigenvalue weighted by molar-refractivity contribution is 5.18. The second-order valence-corrected chi connectivity index (χ2v) is 4.83. The Morgan fingerprint density at radius 2 is 2.16 bits per heavy atom. The zero-order valence-corrected chi connectivity index (χ0v) is 11.6. The number of aryl methyl sites for hydroxylation is 1. The number of nitrogens with zero attached hydrogens (tertiary/aromatic N) is 4. The third kappa shape index (κ3) is 4.06. The van der Waals surface area contributed by atoms with E-state index in [0.717, 1.165) is 12.4 Å². The molecule has 0 aromatic carbocycles. The van der Waals surface area contributed by atoms with E-state index in [0.29, 0.717) is 30.9 Å². The van der Waals surface area contributed by atoms with Crippen molar-refractivity contribution in [3.05, 3.63) is 24.1 Å². The molecule has 2 aromatic rings. The van der Waals surface area contributed by atoms with Crippen molar-refractivity contribution in [3.8, 4) is 0 Å². The van der Waals surface area contributed by atoms with Gasteiger partial charge in [0.05, 0.1) is 13.1 Å². The number of imidazole rings is 1. The second-order valence-electron chi connectivity index (χ2n) is 4.83. The average molecular weight is 264 g/mol. The summed E-state index contributed by atoms with van der Waals surface area (Å²) in [6, 6.07) is 0.421. The van der Waals surface area contributed by atoms with Crippen LogP contribution in [0.25, 0.3) is 0 Å². The van der Waals surface area contributed by atoms with E-state index in [1.807, 2.05) is 17.8 Å². The molecule has 0 aliphatic heterocycles. The number of aromatic nitrogens is 4. The first kappa shape index (κ1) is 13.5. The minimum atomic E-state index is 0.421. The number of nitrogens with one attached hydrogen (secondary N) is 2. The third-order valence-electron chi connectivity index (χ3n) is 2.61. The molecular weight excluding hydrogens is 244 g/mol. The Labute approximate surface area is 112 Å². The van der Waals surface area contributed by atoms with Crippen molar-refractivity contribution in [1.29, 1.82) is 0 Å². The summed E-state index contributed by atoms with van der Waals surface area (Å²) in [6.45, 7) is 6.39. The molecule has 2 heterocycles. The maximum Gasteiger partial charge on any atom is 0.315 e. The number of hydrogen-bond acceptors (Lipinski definition) is 6. The Kier molecular flexibility index (Phi) is 4.51. The summed E-state index contributed by atoms with van der Waals surface area (Å²) in [5.41, 5.74) is 0. The molecule has 0 spiro atoms. The Morgan fingerprint density at radius 3 is 2.84 bits per heavy atom. The topological polar surface area (TPSA) is 80.8 Å². The summed E-state index contributed by atoms with van der Waals surface area (Å²) in [6.07, 6.45) is 3.65. The van der Waals surface area contributed by atoms with Crippen molar-refractivity contribution in [1.82, 2.24) is 25.1 Å². The normalized spacial score (nSPS) is 11.2. The van der Waals surface area contributed by atoms with Gasteiger partial charge >= 0.3 is 6.01 Å². The molecule has 0 atom stereocenters. The molecule has 7 heteroatoms. The lowest BCUT2D eigenvalue weighted by Crippen LogP contribution is -2.19. The van der Waals surface area contributed by atoms with Crippen molar-refractivity contribution in [2.24, 2.45) is 13.0 Å². The summed E-state index contributed by atoms with van der Waals surface area (Å²) in [5, 5.41) is 14.2. The van der Waals surface area contributed by atoms with Crippen LogP contribution in [0.4, 0.5) is 6.01 Å². The van der Waals surface area contributed by atoms with Gasteiger partial charge in [-0.15, -0.1) is 5.10 Å². The van der Waals surface area contributed by atoms with E-state index >= 15 is 0 Å². The van der Waals surface area contributed by atoms with Gasteiger partial charge in [0, 0.05) is 19.4 Å². The molecule has 7 nitrogen and oxygen atoms in total. The monoisotopic (exact) mass is 264 g/mol.